The van der Waals surface area contributed by atoms with E-state index < -0.39 is 30.4 Å². The van der Waals surface area contributed by atoms with Crippen molar-refractivity contribution >= 4 is 18.5 Å². The summed E-state index contributed by atoms with van der Waals surface area (Å²) < 4.78 is 56.8. The number of nitrogens with zero attached hydrogens (tertiary/aromatic N) is 1. The van der Waals surface area contributed by atoms with Gasteiger partial charge >= 0.3 is 13.3 Å². The molecule has 1 aromatic carbocycles. The summed E-state index contributed by atoms with van der Waals surface area (Å²) >= 11 is 0. The minimum Gasteiger partial charge on any atom is -0.496 e. The SMILES string of the molecule is COc1ccc(B2OC(C)(C)C(C)(C)O2)cc1CC(=O)N1CCCC(C(F)(F)F)C1. The van der Waals surface area contributed by atoms with Crippen molar-refractivity contribution in [2.75, 3.05) is 20.2 Å². The first-order valence-corrected chi connectivity index (χ1v) is 10.2. The number of likely N-dealkylation sites (tertiary alicyclic amines) is 1. The molecular weight excluding hydrogens is 398 g/mol. The van der Waals surface area contributed by atoms with Crippen molar-refractivity contribution in [3.8, 4) is 5.75 Å². The van der Waals surface area contributed by atoms with E-state index in [4.69, 9.17) is 14.0 Å². The number of piperidine rings is 1. The number of hydrogen-bond acceptors (Lipinski definition) is 4. The summed E-state index contributed by atoms with van der Waals surface area (Å²) in [4.78, 5) is 14.1. The number of carbonyl (C=O) groups is 1. The van der Waals surface area contributed by atoms with E-state index in [0.29, 0.717) is 24.3 Å². The summed E-state index contributed by atoms with van der Waals surface area (Å²) in [6.45, 7) is 7.86. The van der Waals surface area contributed by atoms with Crippen molar-refractivity contribution in [3.63, 3.8) is 0 Å². The van der Waals surface area contributed by atoms with E-state index in [1.807, 2.05) is 33.8 Å². The van der Waals surface area contributed by atoms with Crippen molar-refractivity contribution in [1.29, 1.82) is 0 Å². The highest BCUT2D eigenvalue weighted by molar-refractivity contribution is 6.62. The third-order valence-corrected chi connectivity index (χ3v) is 6.41. The highest BCUT2D eigenvalue weighted by atomic mass is 19.4. The first-order chi connectivity index (χ1) is 13.8. The van der Waals surface area contributed by atoms with Gasteiger partial charge < -0.3 is 18.9 Å². The molecule has 9 heteroatoms. The van der Waals surface area contributed by atoms with E-state index in [-0.39, 0.29) is 25.3 Å². The van der Waals surface area contributed by atoms with E-state index in [0.717, 1.165) is 5.46 Å². The first kappa shape index (κ1) is 22.9. The minimum absolute atomic E-state index is 0.0406. The molecule has 30 heavy (non-hydrogen) atoms. The molecule has 0 spiro atoms. The number of hydrogen-bond donors (Lipinski definition) is 0. The average Bonchev–Trinajstić information content (AvgIpc) is 2.88. The van der Waals surface area contributed by atoms with E-state index in [1.165, 1.54) is 12.0 Å². The van der Waals surface area contributed by atoms with Gasteiger partial charge in [0.15, 0.2) is 0 Å². The van der Waals surface area contributed by atoms with Gasteiger partial charge in [0, 0.05) is 18.7 Å². The van der Waals surface area contributed by atoms with Gasteiger partial charge in [-0.1, -0.05) is 12.1 Å². The number of ether oxygens (including phenoxy) is 1. The second-order valence-corrected chi connectivity index (χ2v) is 9.06. The Morgan fingerprint density at radius 3 is 2.43 bits per heavy atom. The van der Waals surface area contributed by atoms with Crippen LogP contribution in [-0.2, 0) is 20.5 Å². The molecule has 2 heterocycles. The van der Waals surface area contributed by atoms with Crippen LogP contribution in [0.2, 0.25) is 0 Å². The van der Waals surface area contributed by atoms with Gasteiger partial charge in [0.2, 0.25) is 5.91 Å². The molecule has 0 bridgehead atoms. The Hall–Kier alpha value is -1.74. The number of amides is 1. The van der Waals surface area contributed by atoms with Crippen LogP contribution in [0.15, 0.2) is 18.2 Å². The van der Waals surface area contributed by atoms with Gasteiger partial charge in [0.25, 0.3) is 0 Å². The van der Waals surface area contributed by atoms with E-state index in [2.05, 4.69) is 0 Å². The molecule has 2 saturated heterocycles. The predicted molar refractivity (Wildman–Crippen MR) is 108 cm³/mol. The lowest BCUT2D eigenvalue weighted by molar-refractivity contribution is -0.187. The Labute approximate surface area is 176 Å². The molecular formula is C21H29BF3NO4. The fourth-order valence-electron chi connectivity index (χ4n) is 3.81. The summed E-state index contributed by atoms with van der Waals surface area (Å²) in [6, 6.07) is 5.33. The van der Waals surface area contributed by atoms with Crippen molar-refractivity contribution < 1.29 is 32.0 Å². The summed E-state index contributed by atoms with van der Waals surface area (Å²) in [7, 11) is 0.901. The van der Waals surface area contributed by atoms with Crippen LogP contribution in [0, 0.1) is 5.92 Å². The number of methoxy groups -OCH3 is 1. The zero-order valence-electron chi connectivity index (χ0n) is 18.1. The van der Waals surface area contributed by atoms with E-state index in [1.54, 1.807) is 12.1 Å². The number of halogens is 3. The monoisotopic (exact) mass is 427 g/mol. The predicted octanol–water partition coefficient (Wildman–Crippen LogP) is 3.34. The second kappa shape index (κ2) is 8.07. The third kappa shape index (κ3) is 4.62. The zero-order chi connectivity index (χ0) is 22.3. The van der Waals surface area contributed by atoms with Crippen molar-refractivity contribution in [2.45, 2.75) is 64.3 Å². The van der Waals surface area contributed by atoms with Crippen LogP contribution < -0.4 is 10.2 Å². The fraction of sp³-hybridized carbons (Fsp3) is 0.667. The second-order valence-electron chi connectivity index (χ2n) is 9.06. The summed E-state index contributed by atoms with van der Waals surface area (Å²) in [5.74, 6) is -1.30. The molecule has 1 amide bonds. The van der Waals surface area contributed by atoms with E-state index >= 15 is 0 Å². The van der Waals surface area contributed by atoms with Gasteiger partial charge in [-0.15, -0.1) is 0 Å². The zero-order valence-corrected chi connectivity index (χ0v) is 18.1. The topological polar surface area (TPSA) is 48.0 Å². The molecule has 0 saturated carbocycles. The van der Waals surface area contributed by atoms with Gasteiger partial charge in [-0.05, 0) is 52.1 Å². The smallest absolute Gasteiger partial charge is 0.494 e. The molecule has 1 atom stereocenters. The lowest BCUT2D eigenvalue weighted by Gasteiger charge is -2.34. The first-order valence-electron chi connectivity index (χ1n) is 10.2. The Morgan fingerprint density at radius 2 is 1.87 bits per heavy atom. The normalized spacial score (nSPS) is 23.5. The Balaban J connectivity index is 1.77. The molecule has 0 aromatic heterocycles. The van der Waals surface area contributed by atoms with Crippen LogP contribution in [0.1, 0.15) is 46.1 Å². The quantitative estimate of drug-likeness (QED) is 0.692. The van der Waals surface area contributed by atoms with Crippen molar-refractivity contribution in [3.05, 3.63) is 23.8 Å². The molecule has 0 N–H and O–H groups in total. The van der Waals surface area contributed by atoms with Gasteiger partial charge in [-0.25, -0.2) is 0 Å². The van der Waals surface area contributed by atoms with Gasteiger partial charge in [-0.2, -0.15) is 13.2 Å². The summed E-state index contributed by atoms with van der Waals surface area (Å²) in [5, 5.41) is 0. The van der Waals surface area contributed by atoms with Crippen LogP contribution in [0.4, 0.5) is 13.2 Å². The highest BCUT2D eigenvalue weighted by Crippen LogP contribution is 2.37. The summed E-state index contributed by atoms with van der Waals surface area (Å²) in [6.07, 6.45) is -3.91. The Bertz CT molecular complexity index is 781. The minimum atomic E-state index is -4.28. The molecule has 3 rings (SSSR count). The molecule has 2 fully saturated rings. The number of carbonyl (C=O) groups excluding carboxylic acids is 1. The van der Waals surface area contributed by atoms with Crippen LogP contribution in [0.25, 0.3) is 0 Å². The number of alkyl halides is 3. The molecule has 0 aliphatic carbocycles. The molecule has 1 aromatic rings. The average molecular weight is 427 g/mol. The number of benzene rings is 1. The molecule has 2 aliphatic heterocycles. The van der Waals surface area contributed by atoms with Gasteiger partial charge in [0.1, 0.15) is 5.75 Å². The molecule has 0 radical (unpaired) electrons. The Kier molecular flexibility index (Phi) is 6.17. The van der Waals surface area contributed by atoms with Gasteiger partial charge in [0.05, 0.1) is 30.7 Å². The summed E-state index contributed by atoms with van der Waals surface area (Å²) in [5.41, 5.74) is 0.329. The van der Waals surface area contributed by atoms with Crippen LogP contribution in [-0.4, -0.2) is 55.5 Å². The maximum Gasteiger partial charge on any atom is 0.494 e. The van der Waals surface area contributed by atoms with Gasteiger partial charge in [-0.3, -0.25) is 4.79 Å². The highest BCUT2D eigenvalue weighted by Gasteiger charge is 2.51. The largest absolute Gasteiger partial charge is 0.496 e. The lowest BCUT2D eigenvalue weighted by atomic mass is 9.78. The molecule has 166 valence electrons. The maximum absolute atomic E-state index is 13.1. The van der Waals surface area contributed by atoms with Crippen LogP contribution in [0.5, 0.6) is 5.75 Å². The maximum atomic E-state index is 13.1. The third-order valence-electron chi connectivity index (χ3n) is 6.41. The Morgan fingerprint density at radius 1 is 1.23 bits per heavy atom. The molecule has 1 unspecified atom stereocenters. The number of rotatable bonds is 4. The molecule has 5 nitrogen and oxygen atoms in total. The van der Waals surface area contributed by atoms with Crippen LogP contribution in [0.3, 0.4) is 0 Å². The van der Waals surface area contributed by atoms with Crippen molar-refractivity contribution in [2.24, 2.45) is 5.92 Å². The standard InChI is InChI=1S/C21H29BF3NO4/c1-19(2)20(3,4)30-22(29-19)16-8-9-17(28-5)14(11-16)12-18(27)26-10-6-7-15(13-26)21(23,24)25/h8-9,11,15H,6-7,10,12-13H2,1-5H3. The lowest BCUT2D eigenvalue weighted by Crippen LogP contribution is -2.45. The van der Waals surface area contributed by atoms with E-state index in [9.17, 15) is 18.0 Å². The fourth-order valence-corrected chi connectivity index (χ4v) is 3.81. The van der Waals surface area contributed by atoms with Crippen LogP contribution >= 0.6 is 0 Å². The molecule has 2 aliphatic rings. The van der Waals surface area contributed by atoms with Crippen molar-refractivity contribution in [1.82, 2.24) is 4.90 Å².